The SMILES string of the molecule is C[C@H]1CCC(=O)[C@H]([C@@H](O)c2ccc([N+](=O)[O-])cc2)C1. The van der Waals surface area contributed by atoms with E-state index in [-0.39, 0.29) is 17.4 Å². The zero-order valence-corrected chi connectivity index (χ0v) is 10.8. The molecule has 0 amide bonds. The Labute approximate surface area is 111 Å². The first-order valence-electron chi connectivity index (χ1n) is 6.44. The highest BCUT2D eigenvalue weighted by Gasteiger charge is 2.32. The number of Topliss-reactive ketones (excluding diaryl/α,β-unsaturated/α-hetero) is 1. The van der Waals surface area contributed by atoms with Gasteiger partial charge in [0.2, 0.25) is 0 Å². The van der Waals surface area contributed by atoms with Crippen molar-refractivity contribution in [2.24, 2.45) is 11.8 Å². The Balaban J connectivity index is 2.16. The van der Waals surface area contributed by atoms with Gasteiger partial charge >= 0.3 is 0 Å². The summed E-state index contributed by atoms with van der Waals surface area (Å²) in [5.41, 5.74) is 0.553. The van der Waals surface area contributed by atoms with Crippen molar-refractivity contribution in [3.8, 4) is 0 Å². The van der Waals surface area contributed by atoms with Crippen molar-refractivity contribution in [1.82, 2.24) is 0 Å². The minimum absolute atomic E-state index is 0.0145. The third-order valence-electron chi connectivity index (χ3n) is 3.78. The number of rotatable bonds is 3. The van der Waals surface area contributed by atoms with Crippen molar-refractivity contribution >= 4 is 11.5 Å². The van der Waals surface area contributed by atoms with Crippen LogP contribution < -0.4 is 0 Å². The largest absolute Gasteiger partial charge is 0.388 e. The van der Waals surface area contributed by atoms with Crippen LogP contribution in [0.25, 0.3) is 0 Å². The quantitative estimate of drug-likeness (QED) is 0.671. The average molecular weight is 263 g/mol. The normalized spacial score (nSPS) is 25.1. The van der Waals surface area contributed by atoms with E-state index in [1.54, 1.807) is 0 Å². The second-order valence-electron chi connectivity index (χ2n) is 5.25. The molecule has 0 unspecified atom stereocenters. The maximum absolute atomic E-state index is 11.9. The number of nitro benzene ring substituents is 1. The van der Waals surface area contributed by atoms with Gasteiger partial charge in [0.15, 0.2) is 0 Å². The van der Waals surface area contributed by atoms with Gasteiger partial charge in [0.25, 0.3) is 5.69 Å². The van der Waals surface area contributed by atoms with Crippen molar-refractivity contribution in [1.29, 1.82) is 0 Å². The topological polar surface area (TPSA) is 80.4 Å². The fourth-order valence-corrected chi connectivity index (χ4v) is 2.59. The molecule has 1 aliphatic carbocycles. The number of ketones is 1. The van der Waals surface area contributed by atoms with E-state index in [9.17, 15) is 20.0 Å². The first-order chi connectivity index (χ1) is 8.99. The first kappa shape index (κ1) is 13.7. The van der Waals surface area contributed by atoms with Gasteiger partial charge in [-0.1, -0.05) is 6.92 Å². The number of benzene rings is 1. The summed E-state index contributed by atoms with van der Waals surface area (Å²) in [6.07, 6.45) is 1.20. The van der Waals surface area contributed by atoms with Crippen LogP contribution in [0.3, 0.4) is 0 Å². The molecule has 1 aliphatic rings. The maximum atomic E-state index is 11.9. The van der Waals surface area contributed by atoms with Crippen molar-refractivity contribution in [3.05, 3.63) is 39.9 Å². The summed E-state index contributed by atoms with van der Waals surface area (Å²) < 4.78 is 0. The number of nitrogens with zero attached hydrogens (tertiary/aromatic N) is 1. The van der Waals surface area contributed by atoms with Crippen molar-refractivity contribution in [2.75, 3.05) is 0 Å². The molecule has 0 aliphatic heterocycles. The van der Waals surface area contributed by atoms with Crippen LogP contribution in [-0.4, -0.2) is 15.8 Å². The van der Waals surface area contributed by atoms with Crippen LogP contribution in [0.2, 0.25) is 0 Å². The van der Waals surface area contributed by atoms with E-state index in [1.165, 1.54) is 24.3 Å². The van der Waals surface area contributed by atoms with Gasteiger partial charge in [0.05, 0.1) is 11.0 Å². The van der Waals surface area contributed by atoms with Crippen LogP contribution in [0, 0.1) is 22.0 Å². The molecular formula is C14H17NO4. The highest BCUT2D eigenvalue weighted by molar-refractivity contribution is 5.82. The fourth-order valence-electron chi connectivity index (χ4n) is 2.59. The predicted molar refractivity (Wildman–Crippen MR) is 69.6 cm³/mol. The molecule has 19 heavy (non-hydrogen) atoms. The van der Waals surface area contributed by atoms with Crippen LogP contribution >= 0.6 is 0 Å². The van der Waals surface area contributed by atoms with Crippen molar-refractivity contribution in [3.63, 3.8) is 0 Å². The molecule has 0 saturated heterocycles. The minimum atomic E-state index is -0.865. The molecular weight excluding hydrogens is 246 g/mol. The van der Waals surface area contributed by atoms with Crippen LogP contribution in [0.5, 0.6) is 0 Å². The highest BCUT2D eigenvalue weighted by Crippen LogP contribution is 2.35. The van der Waals surface area contributed by atoms with E-state index in [0.717, 1.165) is 6.42 Å². The Kier molecular flexibility index (Phi) is 3.95. The molecule has 5 nitrogen and oxygen atoms in total. The van der Waals surface area contributed by atoms with E-state index in [4.69, 9.17) is 0 Å². The Morgan fingerprint density at radius 3 is 2.58 bits per heavy atom. The van der Waals surface area contributed by atoms with Crippen molar-refractivity contribution < 1.29 is 14.8 Å². The van der Waals surface area contributed by atoms with Gasteiger partial charge in [-0.05, 0) is 36.5 Å². The lowest BCUT2D eigenvalue weighted by Crippen LogP contribution is -2.29. The molecule has 2 rings (SSSR count). The first-order valence-corrected chi connectivity index (χ1v) is 6.44. The number of nitro groups is 1. The van der Waals surface area contributed by atoms with E-state index in [1.807, 2.05) is 0 Å². The number of aliphatic hydroxyl groups is 1. The van der Waals surface area contributed by atoms with Gasteiger partial charge in [-0.25, -0.2) is 0 Å². The Morgan fingerprint density at radius 1 is 1.37 bits per heavy atom. The molecule has 5 heteroatoms. The second-order valence-corrected chi connectivity index (χ2v) is 5.25. The zero-order valence-electron chi connectivity index (χ0n) is 10.8. The number of hydrogen-bond acceptors (Lipinski definition) is 4. The summed E-state index contributed by atoms with van der Waals surface area (Å²) in [4.78, 5) is 21.9. The van der Waals surface area contributed by atoms with Gasteiger partial charge in [0, 0.05) is 24.5 Å². The second kappa shape index (κ2) is 5.48. The smallest absolute Gasteiger partial charge is 0.269 e. The van der Waals surface area contributed by atoms with Gasteiger partial charge in [-0.2, -0.15) is 0 Å². The third kappa shape index (κ3) is 2.98. The third-order valence-corrected chi connectivity index (χ3v) is 3.78. The Hall–Kier alpha value is -1.75. The molecule has 102 valence electrons. The van der Waals surface area contributed by atoms with Gasteiger partial charge < -0.3 is 5.11 Å². The highest BCUT2D eigenvalue weighted by atomic mass is 16.6. The summed E-state index contributed by atoms with van der Waals surface area (Å²) in [5, 5.41) is 20.8. The van der Waals surface area contributed by atoms with Gasteiger partial charge in [0.1, 0.15) is 5.78 Å². The van der Waals surface area contributed by atoms with E-state index in [2.05, 4.69) is 6.92 Å². The standard InChI is InChI=1S/C14H17NO4/c1-9-2-7-13(16)12(8-9)14(17)10-3-5-11(6-4-10)15(18)19/h3-6,9,12,14,17H,2,7-8H2,1H3/t9-,12+,14-/m0/s1. The molecule has 1 fully saturated rings. The Bertz CT molecular complexity index is 483. The summed E-state index contributed by atoms with van der Waals surface area (Å²) in [5.74, 6) is 0.129. The summed E-state index contributed by atoms with van der Waals surface area (Å²) in [6, 6.07) is 5.76. The monoisotopic (exact) mass is 263 g/mol. The maximum Gasteiger partial charge on any atom is 0.269 e. The van der Waals surface area contributed by atoms with Crippen molar-refractivity contribution in [2.45, 2.75) is 32.3 Å². The lowest BCUT2D eigenvalue weighted by Gasteiger charge is -2.29. The summed E-state index contributed by atoms with van der Waals surface area (Å²) in [7, 11) is 0. The molecule has 0 radical (unpaired) electrons. The van der Waals surface area contributed by atoms with E-state index < -0.39 is 11.0 Å². The van der Waals surface area contributed by atoms with Crippen LogP contribution in [0.15, 0.2) is 24.3 Å². The molecule has 0 bridgehead atoms. The van der Waals surface area contributed by atoms with Crippen LogP contribution in [0.4, 0.5) is 5.69 Å². The number of hydrogen-bond donors (Lipinski definition) is 1. The molecule has 0 aromatic heterocycles. The lowest BCUT2D eigenvalue weighted by molar-refractivity contribution is -0.384. The van der Waals surface area contributed by atoms with E-state index >= 15 is 0 Å². The number of aliphatic hydroxyl groups excluding tert-OH is 1. The lowest BCUT2D eigenvalue weighted by atomic mass is 9.77. The molecule has 1 aromatic rings. The summed E-state index contributed by atoms with van der Waals surface area (Å²) >= 11 is 0. The fraction of sp³-hybridized carbons (Fsp3) is 0.500. The van der Waals surface area contributed by atoms with Crippen LogP contribution in [-0.2, 0) is 4.79 Å². The minimum Gasteiger partial charge on any atom is -0.388 e. The molecule has 1 aromatic carbocycles. The Morgan fingerprint density at radius 2 is 2.00 bits per heavy atom. The predicted octanol–water partition coefficient (Wildman–Crippen LogP) is 2.63. The van der Waals surface area contributed by atoms with E-state index in [0.29, 0.717) is 24.3 Å². The molecule has 0 heterocycles. The molecule has 3 atom stereocenters. The summed E-state index contributed by atoms with van der Waals surface area (Å²) in [6.45, 7) is 2.07. The molecule has 1 saturated carbocycles. The average Bonchev–Trinajstić information content (AvgIpc) is 2.41. The zero-order chi connectivity index (χ0) is 14.0. The number of carbonyl (C=O) groups is 1. The number of non-ortho nitro benzene ring substituents is 1. The van der Waals surface area contributed by atoms with Gasteiger partial charge in [-0.3, -0.25) is 14.9 Å². The number of carbonyl (C=O) groups excluding carboxylic acids is 1. The van der Waals surface area contributed by atoms with Crippen LogP contribution in [0.1, 0.15) is 37.9 Å². The molecule has 1 N–H and O–H groups in total. The van der Waals surface area contributed by atoms with Gasteiger partial charge in [-0.15, -0.1) is 0 Å². The molecule has 0 spiro atoms.